The second kappa shape index (κ2) is 4.30. The molecule has 0 amide bonds. The zero-order valence-corrected chi connectivity index (χ0v) is 10.3. The van der Waals surface area contributed by atoms with Gasteiger partial charge in [0.15, 0.2) is 0 Å². The molecule has 0 fully saturated rings. The fraction of sp³-hybridized carbons (Fsp3) is 0.455. The Balaban J connectivity index is 2.68. The van der Waals surface area contributed by atoms with Crippen molar-refractivity contribution < 1.29 is 4.39 Å². The Morgan fingerprint density at radius 3 is 2.50 bits per heavy atom. The molecule has 0 saturated heterocycles. The Morgan fingerprint density at radius 1 is 1.36 bits per heavy atom. The van der Waals surface area contributed by atoms with Crippen LogP contribution in [0.25, 0.3) is 0 Å². The number of nitrogens with one attached hydrogen (secondary N) is 1. The van der Waals surface area contributed by atoms with Gasteiger partial charge in [0, 0.05) is 11.0 Å². The van der Waals surface area contributed by atoms with E-state index in [0.717, 1.165) is 11.0 Å². The number of hydrogen-bond acceptors (Lipinski definition) is 1. The molecule has 3 heteroatoms. The molecular formula is C11H15BrFN. The maximum atomic E-state index is 13.3. The van der Waals surface area contributed by atoms with Crippen LogP contribution < -0.4 is 5.32 Å². The van der Waals surface area contributed by atoms with Gasteiger partial charge in [-0.2, -0.15) is 0 Å². The summed E-state index contributed by atoms with van der Waals surface area (Å²) in [5, 5.41) is 3.08. The van der Waals surface area contributed by atoms with Crippen molar-refractivity contribution in [2.24, 2.45) is 5.41 Å². The number of anilines is 1. The first-order valence-corrected chi connectivity index (χ1v) is 5.37. The van der Waals surface area contributed by atoms with E-state index in [1.165, 1.54) is 6.07 Å². The Morgan fingerprint density at radius 2 is 2.00 bits per heavy atom. The van der Waals surface area contributed by atoms with Crippen LogP contribution in [-0.4, -0.2) is 6.54 Å². The first kappa shape index (κ1) is 11.5. The van der Waals surface area contributed by atoms with Crippen LogP contribution in [0.4, 0.5) is 10.1 Å². The van der Waals surface area contributed by atoms with E-state index < -0.39 is 0 Å². The molecule has 14 heavy (non-hydrogen) atoms. The van der Waals surface area contributed by atoms with Gasteiger partial charge in [0.1, 0.15) is 5.82 Å². The van der Waals surface area contributed by atoms with Gasteiger partial charge in [-0.25, -0.2) is 4.39 Å². The molecule has 0 atom stereocenters. The predicted octanol–water partition coefficient (Wildman–Crippen LogP) is 4.05. The van der Waals surface area contributed by atoms with E-state index in [4.69, 9.17) is 0 Å². The highest BCUT2D eigenvalue weighted by atomic mass is 79.9. The lowest BCUT2D eigenvalue weighted by atomic mass is 9.97. The topological polar surface area (TPSA) is 12.0 Å². The largest absolute Gasteiger partial charge is 0.382 e. The lowest BCUT2D eigenvalue weighted by molar-refractivity contribution is 0.442. The molecule has 0 aliphatic carbocycles. The minimum absolute atomic E-state index is 0.152. The van der Waals surface area contributed by atoms with E-state index in [1.807, 2.05) is 6.07 Å². The first-order chi connectivity index (χ1) is 6.38. The van der Waals surface area contributed by atoms with Gasteiger partial charge < -0.3 is 5.32 Å². The fourth-order valence-corrected chi connectivity index (χ4v) is 1.33. The third-order valence-corrected chi connectivity index (χ3v) is 2.23. The minimum atomic E-state index is -0.219. The summed E-state index contributed by atoms with van der Waals surface area (Å²) in [6.07, 6.45) is 0. The third-order valence-electron chi connectivity index (χ3n) is 1.74. The maximum absolute atomic E-state index is 13.3. The smallest absolute Gasteiger partial charge is 0.147 e. The van der Waals surface area contributed by atoms with E-state index in [9.17, 15) is 4.39 Å². The highest BCUT2D eigenvalue weighted by Gasteiger charge is 2.10. The standard InChI is InChI=1S/C11H15BrFN/c1-11(2,3)7-14-10-5-4-8(12)6-9(10)13/h4-6,14H,7H2,1-3H3. The van der Waals surface area contributed by atoms with Crippen LogP contribution in [0.2, 0.25) is 0 Å². The minimum Gasteiger partial charge on any atom is -0.382 e. The molecule has 78 valence electrons. The van der Waals surface area contributed by atoms with Crippen molar-refractivity contribution in [1.29, 1.82) is 0 Å². The molecule has 0 radical (unpaired) electrons. The molecule has 0 aliphatic rings. The van der Waals surface area contributed by atoms with E-state index in [2.05, 4.69) is 42.0 Å². The summed E-state index contributed by atoms with van der Waals surface area (Å²) >= 11 is 3.22. The van der Waals surface area contributed by atoms with Crippen molar-refractivity contribution in [3.63, 3.8) is 0 Å². The molecule has 0 aliphatic heterocycles. The van der Waals surface area contributed by atoms with Gasteiger partial charge in [0.2, 0.25) is 0 Å². The highest BCUT2D eigenvalue weighted by molar-refractivity contribution is 9.10. The van der Waals surface area contributed by atoms with Gasteiger partial charge >= 0.3 is 0 Å². The van der Waals surface area contributed by atoms with Crippen LogP contribution in [0.3, 0.4) is 0 Å². The van der Waals surface area contributed by atoms with E-state index in [-0.39, 0.29) is 11.2 Å². The summed E-state index contributed by atoms with van der Waals surface area (Å²) < 4.78 is 14.1. The molecule has 1 rings (SSSR count). The third kappa shape index (κ3) is 3.66. The molecule has 1 N–H and O–H groups in total. The average Bonchev–Trinajstić information content (AvgIpc) is 2.00. The lowest BCUT2D eigenvalue weighted by Gasteiger charge is -2.19. The van der Waals surface area contributed by atoms with Crippen molar-refractivity contribution in [3.8, 4) is 0 Å². The molecule has 1 aromatic rings. The first-order valence-electron chi connectivity index (χ1n) is 4.57. The second-order valence-electron chi connectivity index (χ2n) is 4.54. The van der Waals surface area contributed by atoms with Crippen LogP contribution >= 0.6 is 15.9 Å². The summed E-state index contributed by atoms with van der Waals surface area (Å²) in [6, 6.07) is 5.03. The SMILES string of the molecule is CC(C)(C)CNc1ccc(Br)cc1F. The van der Waals surface area contributed by atoms with Crippen molar-refractivity contribution in [1.82, 2.24) is 0 Å². The summed E-state index contributed by atoms with van der Waals surface area (Å²) in [5.74, 6) is -0.219. The second-order valence-corrected chi connectivity index (χ2v) is 5.45. The van der Waals surface area contributed by atoms with Crippen LogP contribution in [0.1, 0.15) is 20.8 Å². The van der Waals surface area contributed by atoms with Gasteiger partial charge in [-0.1, -0.05) is 36.7 Å². The molecule has 0 heterocycles. The summed E-state index contributed by atoms with van der Waals surface area (Å²) in [4.78, 5) is 0. The summed E-state index contributed by atoms with van der Waals surface area (Å²) in [6.45, 7) is 7.08. The maximum Gasteiger partial charge on any atom is 0.147 e. The van der Waals surface area contributed by atoms with Crippen LogP contribution in [0, 0.1) is 11.2 Å². The Bertz CT molecular complexity index is 318. The normalized spacial score (nSPS) is 11.5. The molecule has 0 saturated carbocycles. The number of benzene rings is 1. The van der Waals surface area contributed by atoms with Crippen LogP contribution in [0.15, 0.2) is 22.7 Å². The molecule has 1 aromatic carbocycles. The van der Waals surface area contributed by atoms with Gasteiger partial charge in [-0.3, -0.25) is 0 Å². The highest BCUT2D eigenvalue weighted by Crippen LogP contribution is 2.21. The molecule has 0 spiro atoms. The predicted molar refractivity (Wildman–Crippen MR) is 62.0 cm³/mol. The van der Waals surface area contributed by atoms with E-state index in [0.29, 0.717) is 5.69 Å². The van der Waals surface area contributed by atoms with E-state index in [1.54, 1.807) is 6.07 Å². The van der Waals surface area contributed by atoms with Gasteiger partial charge in [-0.15, -0.1) is 0 Å². The molecule has 0 bridgehead atoms. The lowest BCUT2D eigenvalue weighted by Crippen LogP contribution is -2.19. The van der Waals surface area contributed by atoms with Gasteiger partial charge in [-0.05, 0) is 23.6 Å². The zero-order valence-electron chi connectivity index (χ0n) is 8.70. The van der Waals surface area contributed by atoms with Crippen molar-refractivity contribution in [3.05, 3.63) is 28.5 Å². The van der Waals surface area contributed by atoms with Crippen molar-refractivity contribution in [2.45, 2.75) is 20.8 Å². The van der Waals surface area contributed by atoms with Gasteiger partial charge in [0.25, 0.3) is 0 Å². The van der Waals surface area contributed by atoms with E-state index >= 15 is 0 Å². The van der Waals surface area contributed by atoms with Crippen molar-refractivity contribution in [2.75, 3.05) is 11.9 Å². The Kier molecular flexibility index (Phi) is 3.53. The molecular weight excluding hydrogens is 245 g/mol. The fourth-order valence-electron chi connectivity index (χ4n) is 0.993. The molecule has 0 aromatic heterocycles. The summed E-state index contributed by atoms with van der Waals surface area (Å²) in [7, 11) is 0. The molecule has 0 unspecified atom stereocenters. The molecule has 1 nitrogen and oxygen atoms in total. The van der Waals surface area contributed by atoms with Crippen LogP contribution in [0.5, 0.6) is 0 Å². The number of hydrogen-bond donors (Lipinski definition) is 1. The quantitative estimate of drug-likeness (QED) is 0.845. The number of halogens is 2. The summed E-state index contributed by atoms with van der Waals surface area (Å²) in [5.41, 5.74) is 0.711. The van der Waals surface area contributed by atoms with Crippen molar-refractivity contribution >= 4 is 21.6 Å². The number of rotatable bonds is 2. The monoisotopic (exact) mass is 259 g/mol. The van der Waals surface area contributed by atoms with Crippen LogP contribution in [-0.2, 0) is 0 Å². The Labute approximate surface area is 92.8 Å². The van der Waals surface area contributed by atoms with Gasteiger partial charge in [0.05, 0.1) is 5.69 Å². The Hall–Kier alpha value is -0.570. The zero-order chi connectivity index (χ0) is 10.8. The average molecular weight is 260 g/mol.